The third-order valence-electron chi connectivity index (χ3n) is 5.30. The number of benzene rings is 2. The summed E-state index contributed by atoms with van der Waals surface area (Å²) in [6.07, 6.45) is 2.15. The van der Waals surface area contributed by atoms with Crippen LogP contribution in [0, 0.1) is 7.14 Å². The molecule has 0 bridgehead atoms. The Hall–Kier alpha value is -0.980. The highest BCUT2D eigenvalue weighted by Crippen LogP contribution is 2.29. The molecule has 0 aliphatic rings. The van der Waals surface area contributed by atoms with Gasteiger partial charge in [0.2, 0.25) is 0 Å². The lowest BCUT2D eigenvalue weighted by Crippen LogP contribution is -2.40. The summed E-state index contributed by atoms with van der Waals surface area (Å²) in [5, 5.41) is 0. The monoisotopic (exact) mass is 906 g/mol. The van der Waals surface area contributed by atoms with Crippen LogP contribution < -0.4 is 4.74 Å². The first-order valence-electron chi connectivity index (χ1n) is 12.4. The van der Waals surface area contributed by atoms with Gasteiger partial charge in [-0.05, 0) is 62.9 Å². The van der Waals surface area contributed by atoms with Gasteiger partial charge in [-0.25, -0.2) is 16.8 Å². The van der Waals surface area contributed by atoms with E-state index in [9.17, 15) is 26.3 Å². The molecule has 9 nitrogen and oxygen atoms in total. The maximum absolute atomic E-state index is 10.7. The molecule has 0 aliphatic heterocycles. The number of hydrogen-bond donors (Lipinski definition) is 0. The quantitative estimate of drug-likeness (QED) is 0.0794. The maximum atomic E-state index is 10.7. The van der Waals surface area contributed by atoms with Gasteiger partial charge >= 0.3 is 11.0 Å². The second-order valence-corrected chi connectivity index (χ2v) is 16.0. The Morgan fingerprint density at radius 2 is 1.16 bits per heavy atom. The Bertz CT molecular complexity index is 1340. The van der Waals surface area contributed by atoms with E-state index in [0.29, 0.717) is 0 Å². The van der Waals surface area contributed by atoms with Crippen molar-refractivity contribution < 1.29 is 66.0 Å². The Balaban J connectivity index is 0.000000947. The number of likely N-dealkylation sites (N-methyl/N-ethyl adjacent to an activating group) is 1. The van der Waals surface area contributed by atoms with Crippen molar-refractivity contribution in [2.45, 2.75) is 30.4 Å². The van der Waals surface area contributed by atoms with Crippen molar-refractivity contribution in [2.75, 3.05) is 54.9 Å². The van der Waals surface area contributed by atoms with Gasteiger partial charge in [-0.2, -0.15) is 26.3 Å². The zero-order chi connectivity index (χ0) is 34.8. The molecular weight excluding hydrogens is 872 g/mol. The summed E-state index contributed by atoms with van der Waals surface area (Å²) >= 11 is 4.83. The number of ether oxygens (including phenoxy) is 1. The molecule has 0 spiro atoms. The van der Waals surface area contributed by atoms with Crippen molar-refractivity contribution >= 4 is 65.4 Å². The molecule has 0 saturated heterocycles. The molecule has 254 valence electrons. The molecule has 2 aromatic rings. The Labute approximate surface area is 281 Å². The Morgan fingerprint density at radius 1 is 0.750 bits per heavy atom. The average Bonchev–Trinajstić information content (AvgIpc) is 2.80. The van der Waals surface area contributed by atoms with Gasteiger partial charge in [0.25, 0.3) is 0 Å². The smallest absolute Gasteiger partial charge is 0.485 e. The highest BCUT2D eigenvalue weighted by Gasteiger charge is 2.37. The number of quaternary nitrogens is 2. The van der Waals surface area contributed by atoms with E-state index in [4.69, 9.17) is 30.7 Å². The number of hydrogen-bond acceptors (Lipinski definition) is 7. The first-order valence-corrected chi connectivity index (χ1v) is 17.3. The van der Waals surface area contributed by atoms with Gasteiger partial charge in [0, 0.05) is 18.4 Å². The van der Waals surface area contributed by atoms with Gasteiger partial charge in [-0.3, -0.25) is 0 Å². The highest BCUT2D eigenvalue weighted by molar-refractivity contribution is 14.1. The van der Waals surface area contributed by atoms with Crippen LogP contribution in [0.4, 0.5) is 26.3 Å². The van der Waals surface area contributed by atoms with Crippen LogP contribution in [0.1, 0.15) is 17.5 Å². The summed E-state index contributed by atoms with van der Waals surface area (Å²) in [6, 6.07) is 15.3. The van der Waals surface area contributed by atoms with Crippen molar-refractivity contribution in [3.05, 3.63) is 60.7 Å². The molecule has 0 aliphatic carbocycles. The van der Waals surface area contributed by atoms with Crippen molar-refractivity contribution in [2.24, 2.45) is 0 Å². The molecule has 0 radical (unpaired) electrons. The van der Waals surface area contributed by atoms with Crippen molar-refractivity contribution in [1.82, 2.24) is 0 Å². The minimum absolute atomic E-state index is 0.765. The van der Waals surface area contributed by atoms with E-state index in [1.165, 1.54) is 18.3 Å². The first kappa shape index (κ1) is 43.0. The van der Waals surface area contributed by atoms with Crippen LogP contribution in [0.15, 0.2) is 42.5 Å². The molecule has 0 fully saturated rings. The molecule has 0 N–H and O–H groups in total. The zero-order valence-electron chi connectivity index (χ0n) is 24.4. The normalized spacial score (nSPS) is 12.9. The third-order valence-corrected chi connectivity index (χ3v) is 8.04. The Kier molecular flexibility index (Phi) is 16.9. The van der Waals surface area contributed by atoms with Crippen LogP contribution >= 0.6 is 45.2 Å². The molecular formula is C25H34F6I2N2O7S2. The van der Waals surface area contributed by atoms with Crippen LogP contribution in [0.3, 0.4) is 0 Å². The fourth-order valence-electron chi connectivity index (χ4n) is 3.18. The van der Waals surface area contributed by atoms with E-state index in [1.807, 2.05) is 0 Å². The van der Waals surface area contributed by atoms with Gasteiger partial charge in [-0.15, -0.1) is 0 Å². The molecule has 0 amide bonds. The van der Waals surface area contributed by atoms with Crippen LogP contribution in [0.25, 0.3) is 0 Å². The zero-order valence-corrected chi connectivity index (χ0v) is 30.3. The highest BCUT2D eigenvalue weighted by atomic mass is 127. The lowest BCUT2D eigenvalue weighted by molar-refractivity contribution is -0.903. The van der Waals surface area contributed by atoms with Crippen molar-refractivity contribution in [1.29, 1.82) is 0 Å². The summed E-state index contributed by atoms with van der Waals surface area (Å²) in [7, 11) is -0.867. The number of halogens is 8. The van der Waals surface area contributed by atoms with Crippen LogP contribution in [-0.4, -0.2) is 101 Å². The largest absolute Gasteiger partial charge is 0.741 e. The molecule has 0 unspecified atom stereocenters. The molecule has 19 heteroatoms. The fraction of sp³-hybridized carbons (Fsp3) is 0.520. The summed E-state index contributed by atoms with van der Waals surface area (Å²) in [5.74, 6) is 1.04. The van der Waals surface area contributed by atoms with Gasteiger partial charge in [0.05, 0.1) is 62.1 Å². The summed E-state index contributed by atoms with van der Waals surface area (Å²) in [5.41, 5.74) is -8.50. The van der Waals surface area contributed by atoms with E-state index < -0.39 is 31.3 Å². The van der Waals surface area contributed by atoms with E-state index in [2.05, 4.69) is 123 Å². The third kappa shape index (κ3) is 18.2. The molecule has 2 aromatic carbocycles. The Morgan fingerprint density at radius 3 is 1.52 bits per heavy atom. The van der Waals surface area contributed by atoms with Crippen molar-refractivity contribution in [3.63, 3.8) is 0 Å². The van der Waals surface area contributed by atoms with Gasteiger partial charge in [-0.1, -0.05) is 30.3 Å². The molecule has 44 heavy (non-hydrogen) atoms. The molecule has 0 aromatic heterocycles. The number of nitrogens with zero attached hydrogens (tertiary/aromatic N) is 2. The molecule has 0 atom stereocenters. The second-order valence-electron chi connectivity index (χ2n) is 11.0. The van der Waals surface area contributed by atoms with Crippen molar-refractivity contribution in [3.8, 4) is 5.75 Å². The second kappa shape index (κ2) is 17.3. The number of rotatable bonds is 10. The van der Waals surface area contributed by atoms with Gasteiger partial charge in [0.15, 0.2) is 20.2 Å². The topological polar surface area (TPSA) is 124 Å². The lowest BCUT2D eigenvalue weighted by Gasteiger charge is -2.30. The van der Waals surface area contributed by atoms with Crippen LogP contribution in [0.2, 0.25) is 0 Å². The van der Waals surface area contributed by atoms with Gasteiger partial charge < -0.3 is 22.8 Å². The summed E-state index contributed by atoms with van der Waals surface area (Å²) in [4.78, 5) is 0. The van der Waals surface area contributed by atoms with E-state index in [0.717, 1.165) is 53.8 Å². The van der Waals surface area contributed by atoms with E-state index in [-0.39, 0.29) is 0 Å². The standard InChI is InChI=1S/C23H34I2N2O.2CHF3O3S/c1-26(2,3)14-12-20-16-21(24)23(22(25)17-20)28-15-9-13-27(4,5)18-19-10-7-6-8-11-19;2*2-1(3,4)8(5,6)7/h6-8,10-11,16-17H,9,12-15,18H2,1-5H3;2*(H,5,6,7)/q+2;;/p-2. The summed E-state index contributed by atoms with van der Waals surface area (Å²) in [6.45, 7) is 4.06. The molecule has 2 rings (SSSR count). The van der Waals surface area contributed by atoms with Crippen LogP contribution in [0.5, 0.6) is 5.75 Å². The molecule has 0 heterocycles. The van der Waals surface area contributed by atoms with E-state index >= 15 is 0 Å². The van der Waals surface area contributed by atoms with Crippen LogP contribution in [-0.2, 0) is 33.2 Å². The minimum atomic E-state index is -6.09. The molecule has 0 saturated carbocycles. The predicted octanol–water partition coefficient (Wildman–Crippen LogP) is 5.29. The van der Waals surface area contributed by atoms with Gasteiger partial charge in [0.1, 0.15) is 12.3 Å². The average molecular weight is 906 g/mol. The fourth-order valence-corrected chi connectivity index (χ4v) is 5.39. The predicted molar refractivity (Wildman–Crippen MR) is 167 cm³/mol. The lowest BCUT2D eigenvalue weighted by atomic mass is 10.1. The first-order chi connectivity index (χ1) is 19.6. The SMILES string of the molecule is C[N+](C)(C)CCc1cc(I)c(OCCC[N+](C)(C)Cc2ccccc2)c(I)c1.O=S(=O)([O-])C(F)(F)F.O=S(=O)([O-])C(F)(F)F. The van der Waals surface area contributed by atoms with E-state index in [1.54, 1.807) is 0 Å². The summed E-state index contributed by atoms with van der Waals surface area (Å²) < 4.78 is 128. The number of alkyl halides is 6. The maximum Gasteiger partial charge on any atom is 0.485 e. The minimum Gasteiger partial charge on any atom is -0.741 e.